The van der Waals surface area contributed by atoms with Crippen LogP contribution >= 0.6 is 22.4 Å². The Labute approximate surface area is 104 Å². The Morgan fingerprint density at radius 1 is 0.875 bits per heavy atom. The van der Waals surface area contributed by atoms with E-state index in [2.05, 4.69) is 24.5 Å². The van der Waals surface area contributed by atoms with Gasteiger partial charge in [-0.05, 0) is 40.0 Å². The van der Waals surface area contributed by atoms with Crippen molar-refractivity contribution in [1.82, 2.24) is 0 Å². The largest absolute Gasteiger partial charge is 0.332 e. The summed E-state index contributed by atoms with van der Waals surface area (Å²) < 4.78 is 25.1. The van der Waals surface area contributed by atoms with Gasteiger partial charge in [-0.1, -0.05) is 7.43 Å². The highest BCUT2D eigenvalue weighted by Crippen LogP contribution is 2.35. The van der Waals surface area contributed by atoms with Gasteiger partial charge in [-0.25, -0.2) is 0 Å². The van der Waals surface area contributed by atoms with Crippen molar-refractivity contribution >= 4 is 22.4 Å². The second-order valence-corrected chi connectivity index (χ2v) is 14.0. The van der Waals surface area contributed by atoms with E-state index >= 15 is 0 Å². The molecule has 0 fully saturated rings. The monoisotopic (exact) mass is 292 g/mol. The van der Waals surface area contributed by atoms with Gasteiger partial charge in [0.15, 0.2) is 7.37 Å². The Morgan fingerprint density at radius 2 is 0.938 bits per heavy atom. The van der Waals surface area contributed by atoms with Crippen LogP contribution in [0.3, 0.4) is 0 Å². The van der Waals surface area contributed by atoms with E-state index in [1.807, 2.05) is 0 Å². The zero-order valence-corrected chi connectivity index (χ0v) is 14.2. The first-order valence-corrected chi connectivity index (χ1v) is 12.8. The lowest BCUT2D eigenvalue weighted by molar-refractivity contribution is 0.404. The Hall–Kier alpha value is 0.850. The van der Waals surface area contributed by atoms with E-state index < -0.39 is 14.5 Å². The predicted molar refractivity (Wildman–Crippen MR) is 83.3 cm³/mol. The first kappa shape index (κ1) is 25.6. The minimum absolute atomic E-state index is 0. The smallest absolute Gasteiger partial charge is 0.196 e. The number of rotatable bonds is 1. The molecule has 0 aromatic carbocycles. The predicted octanol–water partition coefficient (Wildman–Crippen LogP) is 4.40. The summed E-state index contributed by atoms with van der Waals surface area (Å²) in [6.07, 6.45) is 0. The highest BCUT2D eigenvalue weighted by atomic mass is 31.2. The van der Waals surface area contributed by atoms with Gasteiger partial charge < -0.3 is 9.09 Å². The second-order valence-electron chi connectivity index (χ2n) is 4.67. The third kappa shape index (κ3) is 192. The average Bonchev–Trinajstić information content (AvgIpc) is 1.80. The summed E-state index contributed by atoms with van der Waals surface area (Å²) in [6, 6.07) is 0. The first-order valence-electron chi connectivity index (χ1n) is 4.53. The summed E-state index contributed by atoms with van der Waals surface area (Å²) in [5.41, 5.74) is 0. The van der Waals surface area contributed by atoms with Crippen molar-refractivity contribution in [3.63, 3.8) is 0 Å². The van der Waals surface area contributed by atoms with Crippen LogP contribution < -0.4 is 0 Å². The third-order valence-electron chi connectivity index (χ3n) is 0.440. The Morgan fingerprint density at radius 3 is 0.938 bits per heavy atom. The van der Waals surface area contributed by atoms with Gasteiger partial charge in [-0.3, -0.25) is 4.57 Å². The molecule has 0 saturated carbocycles. The van der Waals surface area contributed by atoms with Crippen LogP contribution in [0.1, 0.15) is 7.43 Å². The van der Waals surface area contributed by atoms with Crippen LogP contribution in [-0.4, -0.2) is 60.4 Å². The maximum absolute atomic E-state index is 10.4. The lowest BCUT2D eigenvalue weighted by Crippen LogP contribution is -1.74. The van der Waals surface area contributed by atoms with Gasteiger partial charge in [0.2, 0.25) is 0 Å². The summed E-state index contributed by atoms with van der Waals surface area (Å²) in [6.45, 7) is 15.1. The van der Waals surface area contributed by atoms with Crippen LogP contribution in [0.15, 0.2) is 0 Å². The Kier molecular flexibility index (Phi) is 19.7. The zero-order chi connectivity index (χ0) is 13.3. The average molecular weight is 292 g/mol. The number of hydrogen-bond acceptors (Lipinski definition) is 3. The van der Waals surface area contributed by atoms with Crippen molar-refractivity contribution < 1.29 is 13.7 Å². The van der Waals surface area contributed by atoms with Crippen LogP contribution in [0.25, 0.3) is 0 Å². The van der Waals surface area contributed by atoms with Crippen molar-refractivity contribution in [1.29, 1.82) is 0 Å². The highest BCUT2D eigenvalue weighted by Gasteiger charge is 1.99. The van der Waals surface area contributed by atoms with Crippen molar-refractivity contribution in [2.45, 2.75) is 7.43 Å². The third-order valence-corrected chi connectivity index (χ3v) is 1.32. The van der Waals surface area contributed by atoms with Gasteiger partial charge >= 0.3 is 0 Å². The molecule has 0 aliphatic rings. The molecule has 0 aromatic rings. The Bertz CT molecular complexity index is 204. The first-order chi connectivity index (χ1) is 6.29. The molecule has 0 saturated heterocycles. The molecule has 0 atom stereocenters. The topological polar surface area (TPSA) is 43.4 Å². The second kappa shape index (κ2) is 12.3. The van der Waals surface area contributed by atoms with Crippen LogP contribution in [0.5, 0.6) is 0 Å². The normalized spacial score (nSPS) is 10.4. The molecule has 0 radical (unpaired) electrons. The van der Waals surface area contributed by atoms with Gasteiger partial charge in [0.1, 0.15) is 0 Å². The molecule has 104 valence electrons. The molecule has 0 aromatic heterocycles. The van der Waals surface area contributed by atoms with E-state index in [0.29, 0.717) is 7.92 Å². The van der Waals surface area contributed by atoms with Crippen molar-refractivity contribution in [3.8, 4) is 0 Å². The molecule has 3 nitrogen and oxygen atoms in total. The Balaban J connectivity index is -0.0000000668. The fraction of sp³-hybridized carbons (Fsp3) is 1.00. The van der Waals surface area contributed by atoms with Crippen molar-refractivity contribution in [2.24, 2.45) is 0 Å². The molecule has 0 N–H and O–H groups in total. The summed E-state index contributed by atoms with van der Waals surface area (Å²) in [5, 5.41) is 0. The minimum atomic E-state index is -2.15. The van der Waals surface area contributed by atoms with E-state index in [9.17, 15) is 9.13 Å². The molecule has 0 aliphatic heterocycles. The van der Waals surface area contributed by atoms with Gasteiger partial charge in [0, 0.05) is 20.4 Å². The highest BCUT2D eigenvalue weighted by molar-refractivity contribution is 7.61. The molecule has 6 heteroatoms. The standard InChI is InChI=1S/C3H9O2P.C3H9OP.C3H9P.CH4/c1-5-6(2,3)4;1-5(2,3)4;1-4(2)3;/h1-3H3;1-3H3;1-3H3;1H4. The summed E-state index contributed by atoms with van der Waals surface area (Å²) >= 11 is 0. The maximum Gasteiger partial charge on any atom is 0.196 e. The van der Waals surface area contributed by atoms with Crippen LogP contribution in [0.4, 0.5) is 0 Å². The summed E-state index contributed by atoms with van der Waals surface area (Å²) in [7, 11) is -1.96. The lowest BCUT2D eigenvalue weighted by Gasteiger charge is -1.98. The van der Waals surface area contributed by atoms with Crippen LogP contribution in [-0.2, 0) is 13.7 Å². The molecule has 0 amide bonds. The van der Waals surface area contributed by atoms with Crippen LogP contribution in [0.2, 0.25) is 0 Å². The molecule has 0 aliphatic carbocycles. The minimum Gasteiger partial charge on any atom is -0.332 e. The van der Waals surface area contributed by atoms with E-state index in [1.54, 1.807) is 33.3 Å². The van der Waals surface area contributed by atoms with E-state index in [0.717, 1.165) is 0 Å². The molecule has 0 unspecified atom stereocenters. The van der Waals surface area contributed by atoms with E-state index in [1.165, 1.54) is 7.11 Å². The van der Waals surface area contributed by atoms with Crippen molar-refractivity contribution in [2.75, 3.05) is 60.4 Å². The molecular weight excluding hydrogens is 261 g/mol. The van der Waals surface area contributed by atoms with Gasteiger partial charge in [-0.2, -0.15) is 0 Å². The van der Waals surface area contributed by atoms with Crippen molar-refractivity contribution in [3.05, 3.63) is 0 Å². The molecule has 16 heavy (non-hydrogen) atoms. The van der Waals surface area contributed by atoms with Gasteiger partial charge in [-0.15, -0.1) is 7.92 Å². The zero-order valence-electron chi connectivity index (χ0n) is 11.6. The molecule has 0 heterocycles. The molecule has 0 spiro atoms. The van der Waals surface area contributed by atoms with Gasteiger partial charge in [0.05, 0.1) is 7.14 Å². The summed E-state index contributed by atoms with van der Waals surface area (Å²) in [4.78, 5) is 0. The fourth-order valence-electron chi connectivity index (χ4n) is 0. The number of hydrogen-bond donors (Lipinski definition) is 0. The molecule has 0 rings (SSSR count). The van der Waals surface area contributed by atoms with Crippen LogP contribution in [0, 0.1) is 0 Å². The van der Waals surface area contributed by atoms with E-state index in [-0.39, 0.29) is 7.43 Å². The van der Waals surface area contributed by atoms with E-state index in [4.69, 9.17) is 0 Å². The maximum atomic E-state index is 10.4. The molecular formula is C10H31O3P3. The molecule has 0 bridgehead atoms. The lowest BCUT2D eigenvalue weighted by atomic mass is 11.8. The quantitative estimate of drug-likeness (QED) is 0.673. The fourth-order valence-corrected chi connectivity index (χ4v) is 0. The summed E-state index contributed by atoms with van der Waals surface area (Å²) in [5.74, 6) is 0. The van der Waals surface area contributed by atoms with Gasteiger partial charge in [0.25, 0.3) is 0 Å². The SMILES string of the molecule is C.COP(C)(C)=O.CP(C)(C)=O.CP(C)C.